The van der Waals surface area contributed by atoms with Crippen molar-refractivity contribution in [2.75, 3.05) is 32.5 Å². The number of hydrogen-bond acceptors (Lipinski definition) is 6. The number of aromatic nitrogens is 2. The van der Waals surface area contributed by atoms with Crippen molar-refractivity contribution in [3.63, 3.8) is 0 Å². The lowest BCUT2D eigenvalue weighted by Crippen LogP contribution is -2.39. The summed E-state index contributed by atoms with van der Waals surface area (Å²) in [5.41, 5.74) is 3.06. The monoisotopic (exact) mass is 330 g/mol. The molecule has 7 nitrogen and oxygen atoms in total. The first kappa shape index (κ1) is 16.9. The van der Waals surface area contributed by atoms with Crippen molar-refractivity contribution in [1.82, 2.24) is 20.0 Å². The number of nitrogens with one attached hydrogen (secondary N) is 1. The zero-order valence-electron chi connectivity index (χ0n) is 13.1. The lowest BCUT2D eigenvalue weighted by atomic mass is 10.1. The average molecular weight is 330 g/mol. The lowest BCUT2D eigenvalue weighted by Gasteiger charge is -2.24. The number of rotatable bonds is 6. The molecule has 0 aliphatic carbocycles. The van der Waals surface area contributed by atoms with E-state index in [1.807, 2.05) is 31.1 Å². The Morgan fingerprint density at radius 1 is 1.39 bits per heavy atom. The van der Waals surface area contributed by atoms with Gasteiger partial charge in [-0.25, -0.2) is 4.79 Å². The Morgan fingerprint density at radius 3 is 2.87 bits per heavy atom. The summed E-state index contributed by atoms with van der Waals surface area (Å²) >= 11 is 1.27. The van der Waals surface area contributed by atoms with Crippen molar-refractivity contribution in [3.05, 3.63) is 40.9 Å². The number of carbonyl (C=O) groups excluding carboxylic acids is 1. The first-order valence-corrected chi connectivity index (χ1v) is 7.92. The minimum Gasteiger partial charge on any atom is -0.319 e. The van der Waals surface area contributed by atoms with Crippen LogP contribution in [0, 0.1) is 11.3 Å². The standard InChI is InChI=1S/C15H18N6OS/c1-20(2)6-7-21(15(22)18-14-19-17-11-23-14)10-13-5-3-4-12(8-13)9-16/h3-5,8,11H,6-7,10H2,1-2H3,(H,18,19,22). The minimum absolute atomic E-state index is 0.231. The van der Waals surface area contributed by atoms with E-state index < -0.39 is 0 Å². The maximum absolute atomic E-state index is 12.5. The van der Waals surface area contributed by atoms with Crippen molar-refractivity contribution in [1.29, 1.82) is 5.26 Å². The topological polar surface area (TPSA) is 85.2 Å². The number of anilines is 1. The fourth-order valence-electron chi connectivity index (χ4n) is 1.93. The Morgan fingerprint density at radius 2 is 2.22 bits per heavy atom. The second kappa shape index (κ2) is 8.22. The second-order valence-corrected chi connectivity index (χ2v) is 6.04. The van der Waals surface area contributed by atoms with Gasteiger partial charge in [0.2, 0.25) is 5.13 Å². The largest absolute Gasteiger partial charge is 0.324 e. The van der Waals surface area contributed by atoms with E-state index in [9.17, 15) is 4.79 Å². The summed E-state index contributed by atoms with van der Waals surface area (Å²) < 4.78 is 0. The first-order valence-electron chi connectivity index (χ1n) is 7.04. The SMILES string of the molecule is CN(C)CCN(Cc1cccc(C#N)c1)C(=O)Nc1nncs1. The van der Waals surface area contributed by atoms with E-state index in [0.29, 0.717) is 23.8 Å². The van der Waals surface area contributed by atoms with Gasteiger partial charge >= 0.3 is 6.03 Å². The summed E-state index contributed by atoms with van der Waals surface area (Å²) in [6, 6.07) is 9.14. The molecule has 1 heterocycles. The van der Waals surface area contributed by atoms with Crippen molar-refractivity contribution < 1.29 is 4.79 Å². The third-order valence-electron chi connectivity index (χ3n) is 3.11. The van der Waals surface area contributed by atoms with E-state index in [-0.39, 0.29) is 6.03 Å². The summed E-state index contributed by atoms with van der Waals surface area (Å²) in [6.45, 7) is 1.73. The number of nitrogens with zero attached hydrogens (tertiary/aromatic N) is 5. The van der Waals surface area contributed by atoms with E-state index >= 15 is 0 Å². The highest BCUT2D eigenvalue weighted by molar-refractivity contribution is 7.13. The molecule has 0 atom stereocenters. The molecule has 1 aromatic heterocycles. The Bertz CT molecular complexity index is 680. The molecule has 8 heteroatoms. The van der Waals surface area contributed by atoms with Crippen molar-refractivity contribution in [2.24, 2.45) is 0 Å². The fourth-order valence-corrected chi connectivity index (χ4v) is 2.37. The van der Waals surface area contributed by atoms with E-state index in [0.717, 1.165) is 12.1 Å². The van der Waals surface area contributed by atoms with Gasteiger partial charge in [0.15, 0.2) is 0 Å². The summed E-state index contributed by atoms with van der Waals surface area (Å²) in [5, 5.41) is 19.7. The van der Waals surface area contributed by atoms with Gasteiger partial charge < -0.3 is 9.80 Å². The summed E-state index contributed by atoms with van der Waals surface area (Å²) in [6.07, 6.45) is 0. The van der Waals surface area contributed by atoms with E-state index in [2.05, 4.69) is 21.6 Å². The van der Waals surface area contributed by atoms with Crippen LogP contribution in [0.25, 0.3) is 0 Å². The molecule has 0 radical (unpaired) electrons. The van der Waals surface area contributed by atoms with Crippen LogP contribution in [0.4, 0.5) is 9.93 Å². The molecule has 0 aliphatic heterocycles. The van der Waals surface area contributed by atoms with Gasteiger partial charge in [-0.3, -0.25) is 5.32 Å². The molecule has 120 valence electrons. The summed E-state index contributed by atoms with van der Waals surface area (Å²) in [5.74, 6) is 0. The van der Waals surface area contributed by atoms with Crippen molar-refractivity contribution in [3.8, 4) is 6.07 Å². The molecule has 2 aromatic rings. The van der Waals surface area contributed by atoms with E-state index in [1.165, 1.54) is 11.3 Å². The summed E-state index contributed by atoms with van der Waals surface area (Å²) in [7, 11) is 3.91. The number of nitriles is 1. The zero-order chi connectivity index (χ0) is 16.7. The summed E-state index contributed by atoms with van der Waals surface area (Å²) in [4.78, 5) is 16.2. The Labute approximate surface area is 139 Å². The van der Waals surface area contributed by atoms with Gasteiger partial charge in [-0.2, -0.15) is 5.26 Å². The fraction of sp³-hybridized carbons (Fsp3) is 0.333. The highest BCUT2D eigenvalue weighted by Crippen LogP contribution is 2.12. The number of hydrogen-bond donors (Lipinski definition) is 1. The molecule has 0 bridgehead atoms. The van der Waals surface area contributed by atoms with Crippen LogP contribution in [0.1, 0.15) is 11.1 Å². The van der Waals surface area contributed by atoms with Crippen LogP contribution in [0.5, 0.6) is 0 Å². The first-order chi connectivity index (χ1) is 11.1. The Hall–Kier alpha value is -2.50. The molecule has 0 unspecified atom stereocenters. The molecular weight excluding hydrogens is 312 g/mol. The lowest BCUT2D eigenvalue weighted by molar-refractivity contribution is 0.202. The molecule has 1 N–H and O–H groups in total. The third kappa shape index (κ3) is 5.32. The number of likely N-dealkylation sites (N-methyl/N-ethyl adjacent to an activating group) is 1. The maximum atomic E-state index is 12.5. The molecule has 0 aliphatic rings. The number of carbonyl (C=O) groups is 1. The van der Waals surface area contributed by atoms with E-state index in [1.54, 1.807) is 22.5 Å². The molecule has 23 heavy (non-hydrogen) atoms. The number of urea groups is 1. The van der Waals surface area contributed by atoms with E-state index in [4.69, 9.17) is 5.26 Å². The predicted molar refractivity (Wildman–Crippen MR) is 89.0 cm³/mol. The van der Waals surface area contributed by atoms with Gasteiger partial charge in [0, 0.05) is 19.6 Å². The molecular formula is C15H18N6OS. The van der Waals surface area contributed by atoms with Gasteiger partial charge in [0.05, 0.1) is 11.6 Å². The van der Waals surface area contributed by atoms with Gasteiger partial charge in [-0.1, -0.05) is 23.5 Å². The zero-order valence-corrected chi connectivity index (χ0v) is 13.9. The highest BCUT2D eigenvalue weighted by atomic mass is 32.1. The van der Waals surface area contributed by atoms with Crippen LogP contribution in [0.2, 0.25) is 0 Å². The number of benzene rings is 1. The van der Waals surface area contributed by atoms with Gasteiger partial charge in [-0.05, 0) is 31.8 Å². The molecule has 1 aromatic carbocycles. The smallest absolute Gasteiger partial charge is 0.319 e. The van der Waals surface area contributed by atoms with Crippen LogP contribution in [0.15, 0.2) is 29.8 Å². The predicted octanol–water partition coefficient (Wildman–Crippen LogP) is 2.01. The molecule has 0 saturated heterocycles. The van der Waals surface area contributed by atoms with Crippen LogP contribution in [-0.2, 0) is 6.54 Å². The van der Waals surface area contributed by atoms with Crippen LogP contribution in [-0.4, -0.2) is 53.2 Å². The molecule has 0 spiro atoms. The molecule has 0 fully saturated rings. The van der Waals surface area contributed by atoms with Gasteiger partial charge in [0.25, 0.3) is 0 Å². The van der Waals surface area contributed by atoms with Gasteiger partial charge in [0.1, 0.15) is 5.51 Å². The van der Waals surface area contributed by atoms with Crippen molar-refractivity contribution in [2.45, 2.75) is 6.54 Å². The minimum atomic E-state index is -0.231. The normalized spacial score (nSPS) is 10.3. The van der Waals surface area contributed by atoms with Gasteiger partial charge in [-0.15, -0.1) is 10.2 Å². The molecule has 2 rings (SSSR count). The quantitative estimate of drug-likeness (QED) is 0.875. The van der Waals surface area contributed by atoms with Crippen LogP contribution >= 0.6 is 11.3 Å². The third-order valence-corrected chi connectivity index (χ3v) is 3.71. The Balaban J connectivity index is 2.09. The maximum Gasteiger partial charge on any atom is 0.324 e. The van der Waals surface area contributed by atoms with Crippen molar-refractivity contribution >= 4 is 22.5 Å². The van der Waals surface area contributed by atoms with Crippen LogP contribution < -0.4 is 5.32 Å². The Kier molecular flexibility index (Phi) is 6.02. The highest BCUT2D eigenvalue weighted by Gasteiger charge is 2.16. The number of amides is 2. The average Bonchev–Trinajstić information content (AvgIpc) is 3.04. The molecule has 0 saturated carbocycles. The second-order valence-electron chi connectivity index (χ2n) is 5.21. The molecule has 2 amide bonds. The van der Waals surface area contributed by atoms with Crippen LogP contribution in [0.3, 0.4) is 0 Å².